The van der Waals surface area contributed by atoms with Crippen LogP contribution in [0.4, 0.5) is 11.5 Å². The van der Waals surface area contributed by atoms with Gasteiger partial charge in [-0.25, -0.2) is 4.68 Å². The van der Waals surface area contributed by atoms with Crippen molar-refractivity contribution in [2.24, 2.45) is 5.92 Å². The van der Waals surface area contributed by atoms with E-state index in [0.717, 1.165) is 43.0 Å². The number of anilines is 2. The molecule has 1 aliphatic rings. The Morgan fingerprint density at radius 1 is 1.04 bits per heavy atom. The Balaban J connectivity index is 1.34. The first-order valence-corrected chi connectivity index (χ1v) is 9.16. The number of rotatable bonds is 4. The van der Waals surface area contributed by atoms with Gasteiger partial charge in [-0.2, -0.15) is 5.10 Å². The number of aryl methyl sites for hydroxylation is 1. The molecule has 7 nitrogen and oxygen atoms in total. The lowest BCUT2D eigenvalue weighted by molar-refractivity contribution is -0.120. The summed E-state index contributed by atoms with van der Waals surface area (Å²) in [4.78, 5) is 14.7. The van der Waals surface area contributed by atoms with Crippen LogP contribution in [0.2, 0.25) is 0 Å². The number of hydrogen-bond donors (Lipinski definition) is 1. The summed E-state index contributed by atoms with van der Waals surface area (Å²) in [6, 6.07) is 13.6. The van der Waals surface area contributed by atoms with Crippen molar-refractivity contribution >= 4 is 17.4 Å². The maximum Gasteiger partial charge on any atom is 0.227 e. The number of amides is 1. The van der Waals surface area contributed by atoms with Gasteiger partial charge >= 0.3 is 0 Å². The molecule has 3 heterocycles. The van der Waals surface area contributed by atoms with Crippen molar-refractivity contribution in [3.8, 4) is 5.82 Å². The molecule has 0 radical (unpaired) electrons. The van der Waals surface area contributed by atoms with Gasteiger partial charge in [0.1, 0.15) is 0 Å². The van der Waals surface area contributed by atoms with E-state index in [0.29, 0.717) is 5.82 Å². The number of hydrogen-bond acceptors (Lipinski definition) is 5. The minimum Gasteiger partial charge on any atom is -0.355 e. The molecule has 1 fully saturated rings. The zero-order valence-corrected chi connectivity index (χ0v) is 15.2. The lowest BCUT2D eigenvalue weighted by Gasteiger charge is -2.31. The molecular weight excluding hydrogens is 340 g/mol. The van der Waals surface area contributed by atoms with Crippen molar-refractivity contribution in [2.45, 2.75) is 19.8 Å². The molecule has 1 aliphatic heterocycles. The zero-order valence-electron chi connectivity index (χ0n) is 15.2. The molecule has 3 aromatic rings. The van der Waals surface area contributed by atoms with E-state index in [-0.39, 0.29) is 11.8 Å². The lowest BCUT2D eigenvalue weighted by Crippen LogP contribution is -2.38. The Morgan fingerprint density at radius 2 is 1.78 bits per heavy atom. The second kappa shape index (κ2) is 7.57. The highest BCUT2D eigenvalue weighted by molar-refractivity contribution is 5.93. The van der Waals surface area contributed by atoms with Gasteiger partial charge in [-0.05, 0) is 49.6 Å². The van der Waals surface area contributed by atoms with Crippen LogP contribution in [0.3, 0.4) is 0 Å². The van der Waals surface area contributed by atoms with E-state index in [1.165, 1.54) is 0 Å². The van der Waals surface area contributed by atoms with Crippen LogP contribution in [0.25, 0.3) is 5.82 Å². The second-order valence-electron chi connectivity index (χ2n) is 6.77. The van der Waals surface area contributed by atoms with Gasteiger partial charge in [0, 0.05) is 37.1 Å². The van der Waals surface area contributed by atoms with E-state index >= 15 is 0 Å². The monoisotopic (exact) mass is 362 g/mol. The van der Waals surface area contributed by atoms with E-state index in [4.69, 9.17) is 0 Å². The first kappa shape index (κ1) is 17.2. The van der Waals surface area contributed by atoms with Crippen LogP contribution < -0.4 is 10.2 Å². The van der Waals surface area contributed by atoms with Crippen LogP contribution in [0.5, 0.6) is 0 Å². The predicted octanol–water partition coefficient (Wildman–Crippen LogP) is 2.83. The summed E-state index contributed by atoms with van der Waals surface area (Å²) in [5.74, 6) is 1.65. The largest absolute Gasteiger partial charge is 0.355 e. The lowest BCUT2D eigenvalue weighted by atomic mass is 9.95. The Morgan fingerprint density at radius 3 is 2.44 bits per heavy atom. The summed E-state index contributed by atoms with van der Waals surface area (Å²) in [5, 5.41) is 15.8. The molecule has 0 saturated carbocycles. The zero-order chi connectivity index (χ0) is 18.6. The van der Waals surface area contributed by atoms with E-state index < -0.39 is 0 Å². The molecule has 0 unspecified atom stereocenters. The molecule has 1 amide bonds. The smallest absolute Gasteiger partial charge is 0.227 e. The fourth-order valence-electron chi connectivity index (χ4n) is 3.33. The summed E-state index contributed by atoms with van der Waals surface area (Å²) < 4.78 is 1.68. The first-order valence-electron chi connectivity index (χ1n) is 9.16. The van der Waals surface area contributed by atoms with Gasteiger partial charge in [-0.1, -0.05) is 18.2 Å². The highest BCUT2D eigenvalue weighted by Crippen LogP contribution is 2.24. The van der Waals surface area contributed by atoms with E-state index in [2.05, 4.69) is 25.5 Å². The Kier molecular flexibility index (Phi) is 4.82. The fourth-order valence-corrected chi connectivity index (χ4v) is 3.33. The number of benzene rings is 1. The van der Waals surface area contributed by atoms with Gasteiger partial charge < -0.3 is 10.2 Å². The van der Waals surface area contributed by atoms with Gasteiger partial charge in [0.05, 0.1) is 0 Å². The third kappa shape index (κ3) is 3.81. The molecule has 7 heteroatoms. The van der Waals surface area contributed by atoms with E-state index in [1.807, 2.05) is 55.6 Å². The molecular formula is C20H22N6O. The number of piperidine rings is 1. The summed E-state index contributed by atoms with van der Waals surface area (Å²) in [7, 11) is 0. The molecule has 1 N–H and O–H groups in total. The summed E-state index contributed by atoms with van der Waals surface area (Å²) >= 11 is 0. The first-order chi connectivity index (χ1) is 13.2. The molecule has 0 aliphatic carbocycles. The fraction of sp³-hybridized carbons (Fsp3) is 0.300. The normalized spacial score (nSPS) is 14.9. The summed E-state index contributed by atoms with van der Waals surface area (Å²) in [6.45, 7) is 3.59. The number of nitrogens with zero attached hydrogens (tertiary/aromatic N) is 5. The van der Waals surface area contributed by atoms with Gasteiger partial charge in [0.2, 0.25) is 5.91 Å². The molecule has 138 valence electrons. The third-order valence-electron chi connectivity index (χ3n) is 4.97. The van der Waals surface area contributed by atoms with E-state index in [1.54, 1.807) is 10.9 Å². The SMILES string of the molecule is Cc1ccccc1NC(=O)C1CCN(c2ccc(-n3cccn3)nn2)CC1. The van der Waals surface area contributed by atoms with Crippen LogP contribution in [0.15, 0.2) is 54.9 Å². The van der Waals surface area contributed by atoms with Crippen LogP contribution >= 0.6 is 0 Å². The highest BCUT2D eigenvalue weighted by Gasteiger charge is 2.26. The Labute approximate surface area is 158 Å². The molecule has 4 rings (SSSR count). The quantitative estimate of drug-likeness (QED) is 0.772. The number of carbonyl (C=O) groups is 1. The predicted molar refractivity (Wildman–Crippen MR) is 104 cm³/mol. The molecule has 0 bridgehead atoms. The number of nitrogens with one attached hydrogen (secondary N) is 1. The Bertz CT molecular complexity index is 898. The minimum absolute atomic E-state index is 0.0252. The summed E-state index contributed by atoms with van der Waals surface area (Å²) in [5.41, 5.74) is 1.97. The molecule has 0 spiro atoms. The maximum atomic E-state index is 12.6. The molecule has 0 atom stereocenters. The van der Waals surface area contributed by atoms with Crippen molar-refractivity contribution in [1.82, 2.24) is 20.0 Å². The average molecular weight is 362 g/mol. The van der Waals surface area contributed by atoms with Gasteiger partial charge in [-0.3, -0.25) is 4.79 Å². The second-order valence-corrected chi connectivity index (χ2v) is 6.77. The summed E-state index contributed by atoms with van der Waals surface area (Å²) in [6.07, 6.45) is 5.16. The van der Waals surface area contributed by atoms with Crippen LogP contribution in [0, 0.1) is 12.8 Å². The van der Waals surface area contributed by atoms with E-state index in [9.17, 15) is 4.79 Å². The minimum atomic E-state index is 0.0252. The van der Waals surface area contributed by atoms with Crippen LogP contribution in [-0.2, 0) is 4.79 Å². The number of carbonyl (C=O) groups excluding carboxylic acids is 1. The topological polar surface area (TPSA) is 75.9 Å². The molecule has 1 saturated heterocycles. The van der Waals surface area contributed by atoms with Gasteiger partial charge in [-0.15, -0.1) is 10.2 Å². The average Bonchev–Trinajstić information content (AvgIpc) is 3.25. The van der Waals surface area contributed by atoms with Crippen LogP contribution in [-0.4, -0.2) is 39.0 Å². The van der Waals surface area contributed by atoms with Crippen molar-refractivity contribution < 1.29 is 4.79 Å². The molecule has 27 heavy (non-hydrogen) atoms. The van der Waals surface area contributed by atoms with Gasteiger partial charge in [0.15, 0.2) is 11.6 Å². The number of para-hydroxylation sites is 1. The van der Waals surface area contributed by atoms with Crippen LogP contribution in [0.1, 0.15) is 18.4 Å². The third-order valence-corrected chi connectivity index (χ3v) is 4.97. The van der Waals surface area contributed by atoms with Crippen molar-refractivity contribution in [3.05, 3.63) is 60.4 Å². The Hall–Kier alpha value is -3.22. The van der Waals surface area contributed by atoms with Crippen molar-refractivity contribution in [1.29, 1.82) is 0 Å². The van der Waals surface area contributed by atoms with Crippen molar-refractivity contribution in [3.63, 3.8) is 0 Å². The number of aromatic nitrogens is 4. The highest BCUT2D eigenvalue weighted by atomic mass is 16.1. The maximum absolute atomic E-state index is 12.6. The standard InChI is InChI=1S/C20H22N6O/c1-15-5-2-3-6-17(15)22-20(27)16-9-13-25(14-10-16)18-7-8-19(24-23-18)26-12-4-11-21-26/h2-8,11-12,16H,9-10,13-14H2,1H3,(H,22,27). The molecule has 1 aromatic carbocycles. The molecule has 2 aromatic heterocycles. The van der Waals surface area contributed by atoms with Crippen molar-refractivity contribution in [2.75, 3.05) is 23.3 Å². The van der Waals surface area contributed by atoms with Gasteiger partial charge in [0.25, 0.3) is 0 Å².